The molecule has 0 bridgehead atoms. The molecule has 0 saturated heterocycles. The summed E-state index contributed by atoms with van der Waals surface area (Å²) in [5.41, 5.74) is 3.27. The van der Waals surface area contributed by atoms with Gasteiger partial charge in [0.2, 0.25) is 5.91 Å². The quantitative estimate of drug-likeness (QED) is 0.512. The molecule has 2 aromatic carbocycles. The van der Waals surface area contributed by atoms with Crippen molar-refractivity contribution in [1.29, 1.82) is 0 Å². The molecule has 2 heterocycles. The van der Waals surface area contributed by atoms with Gasteiger partial charge in [0, 0.05) is 6.54 Å². The predicted molar refractivity (Wildman–Crippen MR) is 131 cm³/mol. The highest BCUT2D eigenvalue weighted by atomic mass is 16.4. The number of rotatable bonds is 6. The van der Waals surface area contributed by atoms with E-state index in [1.54, 1.807) is 41.3 Å². The number of hydrogen-bond donors (Lipinski definition) is 3. The van der Waals surface area contributed by atoms with Gasteiger partial charge in [-0.15, -0.1) is 0 Å². The lowest BCUT2D eigenvalue weighted by molar-refractivity contribution is -0.153. The van der Waals surface area contributed by atoms with Crippen molar-refractivity contribution in [2.24, 2.45) is 11.8 Å². The van der Waals surface area contributed by atoms with E-state index in [0.29, 0.717) is 53.6 Å². The number of imide groups is 1. The first-order valence-corrected chi connectivity index (χ1v) is 12.7. The Kier molecular flexibility index (Phi) is 6.83. The number of aliphatic hydroxyl groups is 2. The largest absolute Gasteiger partial charge is 0.481 e. The van der Waals surface area contributed by atoms with Gasteiger partial charge < -0.3 is 20.2 Å². The van der Waals surface area contributed by atoms with Crippen molar-refractivity contribution in [2.45, 2.75) is 51.4 Å². The molecule has 0 unspecified atom stereocenters. The van der Waals surface area contributed by atoms with Gasteiger partial charge in [-0.25, -0.2) is 0 Å². The molecule has 0 radical (unpaired) electrons. The summed E-state index contributed by atoms with van der Waals surface area (Å²) in [7, 11) is 0. The van der Waals surface area contributed by atoms with Crippen molar-refractivity contribution in [1.82, 2.24) is 9.80 Å². The molecule has 0 spiro atoms. The normalized spacial score (nSPS) is 23.1. The molecule has 3 atom stereocenters. The Labute approximate surface area is 214 Å². The number of carboxylic acids is 1. The third-order valence-electron chi connectivity index (χ3n) is 8.08. The van der Waals surface area contributed by atoms with Crippen molar-refractivity contribution in [3.8, 4) is 0 Å². The summed E-state index contributed by atoms with van der Waals surface area (Å²) in [4.78, 5) is 55.0. The van der Waals surface area contributed by atoms with Gasteiger partial charge in [-0.05, 0) is 53.6 Å². The van der Waals surface area contributed by atoms with Gasteiger partial charge in [0.1, 0.15) is 0 Å². The lowest BCUT2D eigenvalue weighted by atomic mass is 9.77. The van der Waals surface area contributed by atoms with E-state index in [1.165, 1.54) is 0 Å². The molecule has 1 fully saturated rings. The highest BCUT2D eigenvalue weighted by Gasteiger charge is 2.44. The Morgan fingerprint density at radius 2 is 1.49 bits per heavy atom. The maximum Gasteiger partial charge on any atom is 0.307 e. The number of amides is 3. The monoisotopic (exact) mass is 506 g/mol. The molecule has 5 rings (SSSR count). The topological polar surface area (TPSA) is 135 Å². The second-order valence-corrected chi connectivity index (χ2v) is 10.0. The first-order chi connectivity index (χ1) is 17.8. The van der Waals surface area contributed by atoms with Crippen LogP contribution in [-0.4, -0.2) is 61.9 Å². The zero-order chi connectivity index (χ0) is 26.3. The van der Waals surface area contributed by atoms with E-state index in [0.717, 1.165) is 23.3 Å². The van der Waals surface area contributed by atoms with Crippen LogP contribution in [0.15, 0.2) is 36.4 Å². The van der Waals surface area contributed by atoms with Crippen LogP contribution in [0.3, 0.4) is 0 Å². The molecule has 0 aromatic heterocycles. The molecule has 2 aliphatic heterocycles. The molecule has 3 amide bonds. The number of fused-ring (bicyclic) bond motifs is 2. The summed E-state index contributed by atoms with van der Waals surface area (Å²) in [5.74, 6) is -3.58. The average Bonchev–Trinajstić information content (AvgIpc) is 3.16. The maximum absolute atomic E-state index is 13.9. The Hall–Kier alpha value is -3.56. The number of aliphatic carboxylic acids is 1. The van der Waals surface area contributed by atoms with Gasteiger partial charge in [-0.3, -0.25) is 24.1 Å². The summed E-state index contributed by atoms with van der Waals surface area (Å²) in [5, 5.41) is 29.5. The van der Waals surface area contributed by atoms with Crippen molar-refractivity contribution in [3.05, 3.63) is 69.8 Å². The molecule has 9 heteroatoms. The minimum atomic E-state index is -0.984. The minimum Gasteiger partial charge on any atom is -0.481 e. The number of carboxylic acid groups (broad SMARTS) is 1. The van der Waals surface area contributed by atoms with Gasteiger partial charge >= 0.3 is 5.97 Å². The molecule has 194 valence electrons. The lowest BCUT2D eigenvalue weighted by Crippen LogP contribution is -2.50. The smallest absolute Gasteiger partial charge is 0.307 e. The molecule has 1 aliphatic carbocycles. The van der Waals surface area contributed by atoms with E-state index < -0.39 is 35.7 Å². The molecule has 37 heavy (non-hydrogen) atoms. The number of carbonyl (C=O) groups is 4. The highest BCUT2D eigenvalue weighted by Crippen LogP contribution is 2.39. The fourth-order valence-corrected chi connectivity index (χ4v) is 6.12. The van der Waals surface area contributed by atoms with Crippen LogP contribution in [-0.2, 0) is 29.2 Å². The summed E-state index contributed by atoms with van der Waals surface area (Å²) < 4.78 is 0. The Bertz CT molecular complexity index is 1240. The average molecular weight is 507 g/mol. The van der Waals surface area contributed by atoms with Gasteiger partial charge in [-0.2, -0.15) is 0 Å². The van der Waals surface area contributed by atoms with E-state index in [9.17, 15) is 34.5 Å². The van der Waals surface area contributed by atoms with Crippen molar-refractivity contribution in [3.63, 3.8) is 0 Å². The van der Waals surface area contributed by atoms with Crippen LogP contribution in [0.1, 0.15) is 74.7 Å². The third kappa shape index (κ3) is 4.32. The molecule has 1 saturated carbocycles. The Balaban J connectivity index is 1.55. The van der Waals surface area contributed by atoms with Crippen LogP contribution in [0, 0.1) is 11.8 Å². The minimum absolute atomic E-state index is 0.0844. The Morgan fingerprint density at radius 1 is 0.892 bits per heavy atom. The van der Waals surface area contributed by atoms with Gasteiger partial charge in [0.05, 0.1) is 48.8 Å². The van der Waals surface area contributed by atoms with Crippen LogP contribution in [0.25, 0.3) is 0 Å². The van der Waals surface area contributed by atoms with Crippen molar-refractivity contribution in [2.75, 3.05) is 13.1 Å². The number of nitrogens with zero attached hydrogens (tertiary/aromatic N) is 2. The number of hydrogen-bond acceptors (Lipinski definition) is 6. The van der Waals surface area contributed by atoms with E-state index in [4.69, 9.17) is 0 Å². The maximum atomic E-state index is 13.9. The van der Waals surface area contributed by atoms with Crippen LogP contribution in [0.4, 0.5) is 0 Å². The van der Waals surface area contributed by atoms with Gasteiger partial charge in [0.25, 0.3) is 11.8 Å². The van der Waals surface area contributed by atoms with Gasteiger partial charge in [0.15, 0.2) is 0 Å². The summed E-state index contributed by atoms with van der Waals surface area (Å²) >= 11 is 0. The summed E-state index contributed by atoms with van der Waals surface area (Å²) in [6.45, 7) is -0.359. The van der Waals surface area contributed by atoms with Crippen LogP contribution in [0.2, 0.25) is 0 Å². The predicted octanol–water partition coefficient (Wildman–Crippen LogP) is 2.28. The second kappa shape index (κ2) is 10.1. The molecular weight excluding hydrogens is 476 g/mol. The van der Waals surface area contributed by atoms with Crippen molar-refractivity contribution < 1.29 is 34.5 Å². The number of aliphatic hydroxyl groups excluding tert-OH is 2. The number of benzene rings is 2. The fraction of sp³-hybridized carbons (Fsp3) is 0.429. The molecule has 3 aliphatic rings. The fourth-order valence-electron chi connectivity index (χ4n) is 6.12. The molecule has 3 N–H and O–H groups in total. The first kappa shape index (κ1) is 25.1. The van der Waals surface area contributed by atoms with Crippen LogP contribution >= 0.6 is 0 Å². The summed E-state index contributed by atoms with van der Waals surface area (Å²) in [6.07, 6.45) is 2.91. The van der Waals surface area contributed by atoms with E-state index in [1.807, 2.05) is 0 Å². The highest BCUT2D eigenvalue weighted by molar-refractivity contribution is 6.21. The lowest BCUT2D eigenvalue weighted by Gasteiger charge is -2.42. The van der Waals surface area contributed by atoms with Gasteiger partial charge in [-0.1, -0.05) is 37.1 Å². The summed E-state index contributed by atoms with van der Waals surface area (Å²) in [6, 6.07) is 9.43. The van der Waals surface area contributed by atoms with Crippen LogP contribution in [0.5, 0.6) is 0 Å². The Morgan fingerprint density at radius 3 is 2.08 bits per heavy atom. The molecule has 2 aromatic rings. The zero-order valence-electron chi connectivity index (χ0n) is 20.4. The van der Waals surface area contributed by atoms with E-state index >= 15 is 0 Å². The third-order valence-corrected chi connectivity index (χ3v) is 8.08. The zero-order valence-corrected chi connectivity index (χ0v) is 20.4. The second-order valence-electron chi connectivity index (χ2n) is 10.0. The standard InChI is InChI=1S/C28H30N2O7/c31-14-17-11-16-9-10-29(25(33)21-7-3-4-8-22(21)28(36)37)24(23(16)12-18(17)15-32)13-30-26(34)19-5-1-2-6-20(19)27(30)35/h1-2,5-6,11-12,21-22,24,31-32H,3-4,7-10,13-15H2,(H,36,37)/t21-,22+,24+/m0/s1. The van der Waals surface area contributed by atoms with Crippen LogP contribution < -0.4 is 0 Å². The first-order valence-electron chi connectivity index (χ1n) is 12.7. The van der Waals surface area contributed by atoms with E-state index in [-0.39, 0.29) is 25.7 Å². The number of carbonyl (C=O) groups excluding carboxylic acids is 3. The molecular formula is C28H30N2O7. The molecule has 9 nitrogen and oxygen atoms in total. The van der Waals surface area contributed by atoms with E-state index in [2.05, 4.69) is 0 Å². The SMILES string of the molecule is O=C(O)[C@@H]1CCCC[C@@H]1C(=O)N1CCc2cc(CO)c(CO)cc2[C@H]1CN1C(=O)c2ccccc2C1=O. The van der Waals surface area contributed by atoms with Crippen molar-refractivity contribution >= 4 is 23.7 Å².